The summed E-state index contributed by atoms with van der Waals surface area (Å²) in [4.78, 5) is 8.82. The van der Waals surface area contributed by atoms with Crippen molar-refractivity contribution in [1.29, 1.82) is 0 Å². The first-order chi connectivity index (χ1) is 10.9. The number of aromatic nitrogens is 5. The molecule has 0 aliphatic carbocycles. The zero-order valence-corrected chi connectivity index (χ0v) is 11.7. The number of hydrogen-bond acceptors (Lipinski definition) is 4. The minimum absolute atomic E-state index is 0.0101. The Kier molecular flexibility index (Phi) is 2.94. The Bertz CT molecular complexity index is 940. The maximum absolute atomic E-state index is 9.31. The van der Waals surface area contributed by atoms with E-state index in [0.29, 0.717) is 0 Å². The summed E-state index contributed by atoms with van der Waals surface area (Å²) >= 11 is 0. The maximum atomic E-state index is 9.31. The normalized spacial score (nSPS) is 11.1. The molecule has 0 atom stereocenters. The standard InChI is InChI=1S/C16H13N5O/c22-11-12-3-1-4-13(9-12)20-8-6-18-15(20)14-10-19-21-7-2-5-17-16(14)21/h1-10,22H,11H2. The van der Waals surface area contributed by atoms with Crippen LogP contribution in [0.5, 0.6) is 0 Å². The van der Waals surface area contributed by atoms with Gasteiger partial charge in [0.1, 0.15) is 5.82 Å². The van der Waals surface area contributed by atoms with Crippen LogP contribution in [0, 0.1) is 0 Å². The van der Waals surface area contributed by atoms with Gasteiger partial charge in [0.25, 0.3) is 0 Å². The van der Waals surface area contributed by atoms with Gasteiger partial charge in [-0.25, -0.2) is 14.5 Å². The van der Waals surface area contributed by atoms with Crippen molar-refractivity contribution in [2.75, 3.05) is 0 Å². The first-order valence-electron chi connectivity index (χ1n) is 6.89. The molecule has 4 rings (SSSR count). The molecule has 0 spiro atoms. The van der Waals surface area contributed by atoms with Crippen LogP contribution in [0.1, 0.15) is 5.56 Å². The van der Waals surface area contributed by atoms with Crippen LogP contribution in [0.4, 0.5) is 0 Å². The zero-order chi connectivity index (χ0) is 14.9. The van der Waals surface area contributed by atoms with Gasteiger partial charge in [0.15, 0.2) is 5.65 Å². The van der Waals surface area contributed by atoms with Crippen LogP contribution in [0.15, 0.2) is 61.3 Å². The third kappa shape index (κ3) is 1.97. The monoisotopic (exact) mass is 291 g/mol. The van der Waals surface area contributed by atoms with Crippen LogP contribution in [0.3, 0.4) is 0 Å². The van der Waals surface area contributed by atoms with Crippen molar-refractivity contribution in [1.82, 2.24) is 24.1 Å². The molecule has 0 bridgehead atoms. The molecular formula is C16H13N5O. The van der Waals surface area contributed by atoms with Crippen molar-refractivity contribution in [3.05, 3.63) is 66.9 Å². The number of nitrogens with zero attached hydrogens (tertiary/aromatic N) is 5. The number of fused-ring (bicyclic) bond motifs is 1. The quantitative estimate of drug-likeness (QED) is 0.627. The van der Waals surface area contributed by atoms with Gasteiger partial charge in [0, 0.05) is 30.5 Å². The third-order valence-corrected chi connectivity index (χ3v) is 3.53. The van der Waals surface area contributed by atoms with Gasteiger partial charge in [0.2, 0.25) is 0 Å². The van der Waals surface area contributed by atoms with Gasteiger partial charge in [-0.3, -0.25) is 4.57 Å². The average Bonchev–Trinajstić information content (AvgIpc) is 3.21. The highest BCUT2D eigenvalue weighted by Gasteiger charge is 2.14. The van der Waals surface area contributed by atoms with Crippen molar-refractivity contribution < 1.29 is 5.11 Å². The summed E-state index contributed by atoms with van der Waals surface area (Å²) in [6, 6.07) is 9.55. The van der Waals surface area contributed by atoms with Gasteiger partial charge in [-0.2, -0.15) is 5.10 Å². The first-order valence-corrected chi connectivity index (χ1v) is 6.89. The molecule has 3 heterocycles. The third-order valence-electron chi connectivity index (χ3n) is 3.53. The predicted octanol–water partition coefficient (Wildman–Crippen LogP) is 2.07. The van der Waals surface area contributed by atoms with E-state index >= 15 is 0 Å². The highest BCUT2D eigenvalue weighted by Crippen LogP contribution is 2.24. The van der Waals surface area contributed by atoms with Crippen molar-refractivity contribution >= 4 is 5.65 Å². The SMILES string of the molecule is OCc1cccc(-n2ccnc2-c2cnn3cccnc23)c1. The van der Waals surface area contributed by atoms with Crippen LogP contribution in [-0.2, 0) is 6.61 Å². The second-order valence-corrected chi connectivity index (χ2v) is 4.89. The predicted molar refractivity (Wildman–Crippen MR) is 81.5 cm³/mol. The molecular weight excluding hydrogens is 278 g/mol. The van der Waals surface area contributed by atoms with Crippen molar-refractivity contribution in [3.63, 3.8) is 0 Å². The van der Waals surface area contributed by atoms with E-state index in [1.165, 1.54) is 0 Å². The molecule has 1 aromatic carbocycles. The highest BCUT2D eigenvalue weighted by molar-refractivity contribution is 5.73. The summed E-state index contributed by atoms with van der Waals surface area (Å²) in [6.45, 7) is 0.0101. The van der Waals surface area contributed by atoms with Crippen LogP contribution < -0.4 is 0 Å². The van der Waals surface area contributed by atoms with Crippen LogP contribution in [0.25, 0.3) is 22.7 Å². The molecule has 3 aromatic heterocycles. The van der Waals surface area contributed by atoms with E-state index in [-0.39, 0.29) is 6.61 Å². The smallest absolute Gasteiger partial charge is 0.165 e. The second-order valence-electron chi connectivity index (χ2n) is 4.89. The number of imidazole rings is 1. The lowest BCUT2D eigenvalue weighted by Crippen LogP contribution is -1.98. The molecule has 0 saturated carbocycles. The molecule has 0 aliphatic heterocycles. The van der Waals surface area contributed by atoms with Gasteiger partial charge >= 0.3 is 0 Å². The summed E-state index contributed by atoms with van der Waals surface area (Å²) in [7, 11) is 0. The summed E-state index contributed by atoms with van der Waals surface area (Å²) < 4.78 is 3.68. The number of aliphatic hydroxyl groups excluding tert-OH is 1. The van der Waals surface area contributed by atoms with Crippen molar-refractivity contribution in [2.24, 2.45) is 0 Å². The zero-order valence-electron chi connectivity index (χ0n) is 11.7. The molecule has 0 unspecified atom stereocenters. The van der Waals surface area contributed by atoms with E-state index in [2.05, 4.69) is 15.1 Å². The first kappa shape index (κ1) is 12.7. The molecule has 0 amide bonds. The van der Waals surface area contributed by atoms with Crippen molar-refractivity contribution in [2.45, 2.75) is 6.61 Å². The van der Waals surface area contributed by atoms with Crippen molar-refractivity contribution in [3.8, 4) is 17.1 Å². The molecule has 6 nitrogen and oxygen atoms in total. The van der Waals surface area contributed by atoms with Gasteiger partial charge in [-0.15, -0.1) is 0 Å². The van der Waals surface area contributed by atoms with Crippen LogP contribution >= 0.6 is 0 Å². The molecule has 1 N–H and O–H groups in total. The van der Waals surface area contributed by atoms with Gasteiger partial charge in [0.05, 0.1) is 18.4 Å². The summed E-state index contributed by atoms with van der Waals surface area (Å²) in [5.41, 5.74) is 3.41. The Morgan fingerprint density at radius 2 is 2.00 bits per heavy atom. The summed E-state index contributed by atoms with van der Waals surface area (Å²) in [6.07, 6.45) is 8.98. The lowest BCUT2D eigenvalue weighted by Gasteiger charge is -2.08. The minimum atomic E-state index is 0.0101. The topological polar surface area (TPSA) is 68.2 Å². The van der Waals surface area contributed by atoms with Gasteiger partial charge < -0.3 is 5.11 Å². The minimum Gasteiger partial charge on any atom is -0.392 e. The highest BCUT2D eigenvalue weighted by atomic mass is 16.3. The molecule has 0 saturated heterocycles. The number of rotatable bonds is 3. The Balaban J connectivity index is 1.89. The fourth-order valence-electron chi connectivity index (χ4n) is 2.50. The van der Waals surface area contributed by atoms with E-state index in [1.807, 2.05) is 47.3 Å². The second kappa shape index (κ2) is 5.09. The average molecular weight is 291 g/mol. The molecule has 0 aliphatic rings. The molecule has 4 aromatic rings. The Hall–Kier alpha value is -2.99. The number of hydrogen-bond donors (Lipinski definition) is 1. The molecule has 0 fully saturated rings. The molecule has 0 radical (unpaired) electrons. The molecule has 6 heteroatoms. The van der Waals surface area contributed by atoms with E-state index in [4.69, 9.17) is 0 Å². The summed E-state index contributed by atoms with van der Waals surface area (Å²) in [5.74, 6) is 0.767. The van der Waals surface area contributed by atoms with E-state index in [0.717, 1.165) is 28.3 Å². The Morgan fingerprint density at radius 3 is 2.91 bits per heavy atom. The van der Waals surface area contributed by atoms with Gasteiger partial charge in [-0.1, -0.05) is 12.1 Å². The molecule has 108 valence electrons. The fraction of sp³-hybridized carbons (Fsp3) is 0.0625. The molecule has 22 heavy (non-hydrogen) atoms. The van der Waals surface area contributed by atoms with E-state index in [9.17, 15) is 5.11 Å². The number of aliphatic hydroxyl groups is 1. The lowest BCUT2D eigenvalue weighted by atomic mass is 10.2. The maximum Gasteiger partial charge on any atom is 0.165 e. The number of benzene rings is 1. The largest absolute Gasteiger partial charge is 0.392 e. The van der Waals surface area contributed by atoms with Gasteiger partial charge in [-0.05, 0) is 23.8 Å². The van der Waals surface area contributed by atoms with E-state index in [1.54, 1.807) is 23.1 Å². The Labute approximate surface area is 126 Å². The van der Waals surface area contributed by atoms with Crippen LogP contribution in [-0.4, -0.2) is 29.3 Å². The van der Waals surface area contributed by atoms with E-state index < -0.39 is 0 Å². The van der Waals surface area contributed by atoms with Crippen LogP contribution in [0.2, 0.25) is 0 Å². The Morgan fingerprint density at radius 1 is 1.05 bits per heavy atom. The lowest BCUT2D eigenvalue weighted by molar-refractivity contribution is 0.282. The fourth-order valence-corrected chi connectivity index (χ4v) is 2.50. The summed E-state index contributed by atoms with van der Waals surface area (Å²) in [5, 5.41) is 13.6.